The largest absolute Gasteiger partial charge is 0.373 e. The molecule has 0 aliphatic heterocycles. The molecule has 18 heavy (non-hydrogen) atoms. The van der Waals surface area contributed by atoms with Gasteiger partial charge in [0.25, 0.3) is 0 Å². The predicted octanol–water partition coefficient (Wildman–Crippen LogP) is 1.86. The Balaban J connectivity index is 2.02. The summed E-state index contributed by atoms with van der Waals surface area (Å²) in [4.78, 5) is 2.16. The van der Waals surface area contributed by atoms with Crippen LogP contribution >= 0.6 is 0 Å². The molecule has 1 atom stereocenters. The van der Waals surface area contributed by atoms with Crippen molar-refractivity contribution in [3.8, 4) is 0 Å². The summed E-state index contributed by atoms with van der Waals surface area (Å²) in [6, 6.07) is 8.43. The Hall–Kier alpha value is -1.81. The SMILES string of the molecule is Cc1ccc(N(C)CC(N)c2cnn(C)c2)cc1. The van der Waals surface area contributed by atoms with E-state index >= 15 is 0 Å². The van der Waals surface area contributed by atoms with Crippen molar-refractivity contribution in [2.75, 3.05) is 18.5 Å². The number of benzene rings is 1. The van der Waals surface area contributed by atoms with E-state index in [0.29, 0.717) is 0 Å². The van der Waals surface area contributed by atoms with Crippen LogP contribution in [0.3, 0.4) is 0 Å². The molecule has 96 valence electrons. The van der Waals surface area contributed by atoms with Crippen LogP contribution in [0.15, 0.2) is 36.7 Å². The van der Waals surface area contributed by atoms with E-state index in [-0.39, 0.29) is 6.04 Å². The zero-order valence-electron chi connectivity index (χ0n) is 11.2. The first-order chi connectivity index (χ1) is 8.56. The predicted molar refractivity (Wildman–Crippen MR) is 74.6 cm³/mol. The Morgan fingerprint density at radius 2 is 2.00 bits per heavy atom. The molecule has 4 heteroatoms. The molecule has 0 bridgehead atoms. The second-order valence-electron chi connectivity index (χ2n) is 4.77. The average molecular weight is 244 g/mol. The summed E-state index contributed by atoms with van der Waals surface area (Å²) < 4.78 is 1.78. The highest BCUT2D eigenvalue weighted by molar-refractivity contribution is 5.47. The molecule has 0 radical (unpaired) electrons. The van der Waals surface area contributed by atoms with Gasteiger partial charge in [0, 0.05) is 38.1 Å². The minimum Gasteiger partial charge on any atom is -0.373 e. The van der Waals surface area contributed by atoms with Gasteiger partial charge in [0.1, 0.15) is 0 Å². The van der Waals surface area contributed by atoms with Crippen molar-refractivity contribution >= 4 is 5.69 Å². The van der Waals surface area contributed by atoms with E-state index in [1.54, 1.807) is 4.68 Å². The Morgan fingerprint density at radius 1 is 1.33 bits per heavy atom. The molecule has 0 aliphatic carbocycles. The summed E-state index contributed by atoms with van der Waals surface area (Å²) in [5, 5.41) is 4.15. The minimum absolute atomic E-state index is 0.0231. The van der Waals surface area contributed by atoms with Gasteiger partial charge in [-0.3, -0.25) is 4.68 Å². The van der Waals surface area contributed by atoms with Gasteiger partial charge in [-0.15, -0.1) is 0 Å². The maximum atomic E-state index is 6.18. The summed E-state index contributed by atoms with van der Waals surface area (Å²) in [5.74, 6) is 0. The zero-order valence-corrected chi connectivity index (χ0v) is 11.2. The Kier molecular flexibility index (Phi) is 3.67. The van der Waals surface area contributed by atoms with Gasteiger partial charge in [-0.1, -0.05) is 17.7 Å². The van der Waals surface area contributed by atoms with Gasteiger partial charge >= 0.3 is 0 Å². The second kappa shape index (κ2) is 5.23. The fourth-order valence-electron chi connectivity index (χ4n) is 1.94. The third kappa shape index (κ3) is 2.90. The fourth-order valence-corrected chi connectivity index (χ4v) is 1.94. The number of nitrogens with zero attached hydrogens (tertiary/aromatic N) is 3. The molecule has 0 spiro atoms. The van der Waals surface area contributed by atoms with Crippen LogP contribution in [0.2, 0.25) is 0 Å². The lowest BCUT2D eigenvalue weighted by Crippen LogP contribution is -2.28. The number of hydrogen-bond acceptors (Lipinski definition) is 3. The van der Waals surface area contributed by atoms with Crippen molar-refractivity contribution in [2.45, 2.75) is 13.0 Å². The molecule has 1 unspecified atom stereocenters. The topological polar surface area (TPSA) is 47.1 Å². The number of anilines is 1. The summed E-state index contributed by atoms with van der Waals surface area (Å²) in [7, 11) is 3.96. The second-order valence-corrected chi connectivity index (χ2v) is 4.77. The molecule has 1 aromatic carbocycles. The van der Waals surface area contributed by atoms with Gasteiger partial charge in [-0.2, -0.15) is 5.10 Å². The molecule has 2 aromatic rings. The van der Waals surface area contributed by atoms with Crippen LogP contribution in [0.4, 0.5) is 5.69 Å². The molecule has 4 nitrogen and oxygen atoms in total. The zero-order chi connectivity index (χ0) is 13.1. The van der Waals surface area contributed by atoms with Gasteiger partial charge in [0.2, 0.25) is 0 Å². The first kappa shape index (κ1) is 12.6. The Bertz CT molecular complexity index is 501. The van der Waals surface area contributed by atoms with Crippen molar-refractivity contribution in [3.05, 3.63) is 47.8 Å². The fraction of sp³-hybridized carbons (Fsp3) is 0.357. The molecular formula is C14H20N4. The number of nitrogens with two attached hydrogens (primary N) is 1. The summed E-state index contributed by atoms with van der Waals surface area (Å²) in [6.45, 7) is 2.86. The summed E-state index contributed by atoms with van der Waals surface area (Å²) >= 11 is 0. The third-order valence-electron chi connectivity index (χ3n) is 3.10. The average Bonchev–Trinajstić information content (AvgIpc) is 2.76. The van der Waals surface area contributed by atoms with E-state index in [4.69, 9.17) is 5.73 Å². The van der Waals surface area contributed by atoms with Crippen LogP contribution < -0.4 is 10.6 Å². The molecule has 2 rings (SSSR count). The number of rotatable bonds is 4. The molecule has 0 saturated heterocycles. The van der Waals surface area contributed by atoms with Crippen molar-refractivity contribution in [1.82, 2.24) is 9.78 Å². The lowest BCUT2D eigenvalue weighted by atomic mass is 10.1. The van der Waals surface area contributed by atoms with Crippen molar-refractivity contribution < 1.29 is 0 Å². The number of likely N-dealkylation sites (N-methyl/N-ethyl adjacent to an activating group) is 1. The number of aryl methyl sites for hydroxylation is 2. The van der Waals surface area contributed by atoms with Crippen LogP contribution in [0, 0.1) is 6.92 Å². The van der Waals surface area contributed by atoms with Crippen LogP contribution in [0.1, 0.15) is 17.2 Å². The molecule has 0 amide bonds. The first-order valence-electron chi connectivity index (χ1n) is 6.08. The lowest BCUT2D eigenvalue weighted by molar-refractivity contribution is 0.700. The normalized spacial score (nSPS) is 12.4. The Morgan fingerprint density at radius 3 is 2.56 bits per heavy atom. The van der Waals surface area contributed by atoms with Crippen LogP contribution in [-0.2, 0) is 7.05 Å². The molecule has 1 heterocycles. The quantitative estimate of drug-likeness (QED) is 0.893. The first-order valence-corrected chi connectivity index (χ1v) is 6.08. The van der Waals surface area contributed by atoms with Crippen LogP contribution in [0.5, 0.6) is 0 Å². The van der Waals surface area contributed by atoms with E-state index in [2.05, 4.69) is 48.2 Å². The third-order valence-corrected chi connectivity index (χ3v) is 3.10. The highest BCUT2D eigenvalue weighted by atomic mass is 15.2. The molecule has 2 N–H and O–H groups in total. The molecule has 0 fully saturated rings. The van der Waals surface area contributed by atoms with E-state index in [0.717, 1.165) is 12.1 Å². The van der Waals surface area contributed by atoms with Crippen molar-refractivity contribution in [2.24, 2.45) is 12.8 Å². The molecule has 0 aliphatic rings. The molecule has 1 aromatic heterocycles. The van der Waals surface area contributed by atoms with Gasteiger partial charge in [0.15, 0.2) is 0 Å². The van der Waals surface area contributed by atoms with E-state index in [1.165, 1.54) is 11.3 Å². The highest BCUT2D eigenvalue weighted by Crippen LogP contribution is 2.17. The van der Waals surface area contributed by atoms with Crippen LogP contribution in [0.25, 0.3) is 0 Å². The highest BCUT2D eigenvalue weighted by Gasteiger charge is 2.11. The standard InChI is InChI=1S/C14H20N4/c1-11-4-6-13(7-5-11)17(2)10-14(15)12-8-16-18(3)9-12/h4-9,14H,10,15H2,1-3H3. The number of aromatic nitrogens is 2. The van der Waals surface area contributed by atoms with Gasteiger partial charge in [0.05, 0.1) is 12.2 Å². The monoisotopic (exact) mass is 244 g/mol. The lowest BCUT2D eigenvalue weighted by Gasteiger charge is -2.23. The van der Waals surface area contributed by atoms with E-state index in [9.17, 15) is 0 Å². The molecule has 0 saturated carbocycles. The summed E-state index contributed by atoms with van der Waals surface area (Å²) in [6.07, 6.45) is 3.79. The maximum absolute atomic E-state index is 6.18. The van der Waals surface area contributed by atoms with Gasteiger partial charge < -0.3 is 10.6 Å². The smallest absolute Gasteiger partial charge is 0.0538 e. The maximum Gasteiger partial charge on any atom is 0.0538 e. The Labute approximate surface area is 108 Å². The van der Waals surface area contributed by atoms with E-state index < -0.39 is 0 Å². The van der Waals surface area contributed by atoms with Crippen molar-refractivity contribution in [1.29, 1.82) is 0 Å². The summed E-state index contributed by atoms with van der Waals surface area (Å²) in [5.41, 5.74) is 9.70. The van der Waals surface area contributed by atoms with Crippen molar-refractivity contribution in [3.63, 3.8) is 0 Å². The molecular weight excluding hydrogens is 224 g/mol. The van der Waals surface area contributed by atoms with Crippen LogP contribution in [-0.4, -0.2) is 23.4 Å². The van der Waals surface area contributed by atoms with E-state index in [1.807, 2.05) is 19.4 Å². The minimum atomic E-state index is -0.0231. The van der Waals surface area contributed by atoms with Gasteiger partial charge in [-0.25, -0.2) is 0 Å². The number of hydrogen-bond donors (Lipinski definition) is 1. The van der Waals surface area contributed by atoms with Gasteiger partial charge in [-0.05, 0) is 19.1 Å².